The number of thioether (sulfide) groups is 1. The highest BCUT2D eigenvalue weighted by atomic mass is 32.2. The van der Waals surface area contributed by atoms with Crippen LogP contribution in [0.3, 0.4) is 0 Å². The third-order valence-electron chi connectivity index (χ3n) is 4.75. The van der Waals surface area contributed by atoms with E-state index in [1.54, 1.807) is 18.8 Å². The largest absolute Gasteiger partial charge is 0.492 e. The van der Waals surface area contributed by atoms with E-state index in [1.807, 2.05) is 18.2 Å². The van der Waals surface area contributed by atoms with Crippen molar-refractivity contribution in [1.29, 1.82) is 0 Å². The first-order chi connectivity index (χ1) is 14.1. The topological polar surface area (TPSA) is 74.8 Å². The number of carbonyl (C=O) groups excluding carboxylic acids is 1. The minimum absolute atomic E-state index is 0.0736. The minimum Gasteiger partial charge on any atom is -0.492 e. The smallest absolute Gasteiger partial charge is 0.224 e. The molecule has 1 amide bonds. The summed E-state index contributed by atoms with van der Waals surface area (Å²) >= 11 is 1.75. The van der Waals surface area contributed by atoms with Crippen LogP contribution in [-0.4, -0.2) is 38.3 Å². The molecule has 0 saturated heterocycles. The second kappa shape index (κ2) is 10.2. The first-order valence-corrected chi connectivity index (χ1v) is 10.9. The molecule has 2 aromatic rings. The van der Waals surface area contributed by atoms with Crippen LogP contribution in [0.1, 0.15) is 23.1 Å². The van der Waals surface area contributed by atoms with E-state index in [-0.39, 0.29) is 5.91 Å². The van der Waals surface area contributed by atoms with Crippen molar-refractivity contribution >= 4 is 29.3 Å². The summed E-state index contributed by atoms with van der Waals surface area (Å²) in [6.07, 6.45) is 3.38. The molecule has 0 aromatic heterocycles. The van der Waals surface area contributed by atoms with Crippen molar-refractivity contribution in [2.75, 3.05) is 31.8 Å². The standard InChI is InChI=1S/C22H28N4O2S/c1-15-4-5-17(20(12-15)29-3)14-25-22(23-2)24-10-11-28-18-7-8-19-16(13-18)6-9-21(27)26-19/h4-5,7-8,12-13H,6,9-11,14H2,1-3H3,(H,26,27)(H2,23,24,25). The van der Waals surface area contributed by atoms with E-state index in [0.29, 0.717) is 26.1 Å². The zero-order chi connectivity index (χ0) is 20.6. The third-order valence-corrected chi connectivity index (χ3v) is 5.57. The quantitative estimate of drug-likeness (QED) is 0.281. The molecular formula is C22H28N4O2S. The third kappa shape index (κ3) is 5.90. The first kappa shape index (κ1) is 21.0. The SMILES string of the molecule is CN=C(NCCOc1ccc2c(c1)CCC(=O)N2)NCc1ccc(C)cc1SC. The van der Waals surface area contributed by atoms with Crippen LogP contribution in [0, 0.1) is 6.92 Å². The average Bonchev–Trinajstić information content (AvgIpc) is 2.73. The van der Waals surface area contributed by atoms with Gasteiger partial charge in [0.25, 0.3) is 0 Å². The normalized spacial score (nSPS) is 13.5. The number of amides is 1. The zero-order valence-corrected chi connectivity index (χ0v) is 18.0. The molecule has 3 N–H and O–H groups in total. The van der Waals surface area contributed by atoms with Crippen LogP contribution in [-0.2, 0) is 17.8 Å². The molecule has 1 aliphatic rings. The van der Waals surface area contributed by atoms with Crippen molar-refractivity contribution in [2.24, 2.45) is 4.99 Å². The lowest BCUT2D eigenvalue weighted by Crippen LogP contribution is -2.39. The van der Waals surface area contributed by atoms with Crippen molar-refractivity contribution in [3.8, 4) is 5.75 Å². The van der Waals surface area contributed by atoms with Crippen LogP contribution < -0.4 is 20.7 Å². The number of rotatable bonds is 7. The van der Waals surface area contributed by atoms with E-state index in [1.165, 1.54) is 16.0 Å². The summed E-state index contributed by atoms with van der Waals surface area (Å²) < 4.78 is 5.84. The fourth-order valence-electron chi connectivity index (χ4n) is 3.19. The molecule has 154 valence electrons. The molecule has 0 fully saturated rings. The average molecular weight is 413 g/mol. The number of fused-ring (bicyclic) bond motifs is 1. The van der Waals surface area contributed by atoms with Gasteiger partial charge >= 0.3 is 0 Å². The molecule has 0 spiro atoms. The Morgan fingerprint density at radius 1 is 1.21 bits per heavy atom. The number of carbonyl (C=O) groups is 1. The Morgan fingerprint density at radius 3 is 2.86 bits per heavy atom. The summed E-state index contributed by atoms with van der Waals surface area (Å²) in [4.78, 5) is 17.0. The monoisotopic (exact) mass is 412 g/mol. The Hall–Kier alpha value is -2.67. The lowest BCUT2D eigenvalue weighted by atomic mass is 10.0. The molecule has 0 radical (unpaired) electrons. The number of benzene rings is 2. The van der Waals surface area contributed by atoms with Gasteiger partial charge in [0.15, 0.2) is 5.96 Å². The van der Waals surface area contributed by atoms with Gasteiger partial charge in [-0.2, -0.15) is 0 Å². The van der Waals surface area contributed by atoms with Crippen molar-refractivity contribution < 1.29 is 9.53 Å². The second-order valence-corrected chi connectivity index (χ2v) is 7.73. The summed E-state index contributed by atoms with van der Waals surface area (Å²) in [5.74, 6) is 1.63. The van der Waals surface area contributed by atoms with Gasteiger partial charge in [0.2, 0.25) is 5.91 Å². The lowest BCUT2D eigenvalue weighted by Gasteiger charge is -2.18. The summed E-state index contributed by atoms with van der Waals surface area (Å²) in [5, 5.41) is 9.51. The molecule has 0 atom stereocenters. The maximum absolute atomic E-state index is 11.4. The Bertz CT molecular complexity index is 898. The number of hydrogen-bond acceptors (Lipinski definition) is 4. The van der Waals surface area contributed by atoms with Gasteiger partial charge in [0.1, 0.15) is 12.4 Å². The maximum Gasteiger partial charge on any atom is 0.224 e. The number of guanidine groups is 1. The van der Waals surface area contributed by atoms with Crippen LogP contribution in [0.4, 0.5) is 5.69 Å². The van der Waals surface area contributed by atoms with E-state index in [2.05, 4.69) is 52.3 Å². The van der Waals surface area contributed by atoms with E-state index in [4.69, 9.17) is 4.74 Å². The summed E-state index contributed by atoms with van der Waals surface area (Å²) in [6.45, 7) is 3.98. The highest BCUT2D eigenvalue weighted by Gasteiger charge is 2.15. The highest BCUT2D eigenvalue weighted by molar-refractivity contribution is 7.98. The molecule has 0 bridgehead atoms. The fraction of sp³-hybridized carbons (Fsp3) is 0.364. The van der Waals surface area contributed by atoms with Crippen molar-refractivity contribution in [3.05, 3.63) is 53.1 Å². The fourth-order valence-corrected chi connectivity index (χ4v) is 3.89. The van der Waals surface area contributed by atoms with Gasteiger partial charge in [0.05, 0.1) is 6.54 Å². The van der Waals surface area contributed by atoms with E-state index in [0.717, 1.165) is 29.4 Å². The predicted octanol–water partition coefficient (Wildman–Crippen LogP) is 3.35. The molecule has 29 heavy (non-hydrogen) atoms. The first-order valence-electron chi connectivity index (χ1n) is 9.72. The molecule has 0 unspecified atom stereocenters. The van der Waals surface area contributed by atoms with Crippen molar-refractivity contribution in [3.63, 3.8) is 0 Å². The number of nitrogens with one attached hydrogen (secondary N) is 3. The molecular weight excluding hydrogens is 384 g/mol. The van der Waals surface area contributed by atoms with Gasteiger partial charge in [-0.25, -0.2) is 0 Å². The van der Waals surface area contributed by atoms with Gasteiger partial charge < -0.3 is 20.7 Å². The predicted molar refractivity (Wildman–Crippen MR) is 120 cm³/mol. The molecule has 0 aliphatic carbocycles. The maximum atomic E-state index is 11.4. The Morgan fingerprint density at radius 2 is 2.07 bits per heavy atom. The summed E-state index contributed by atoms with van der Waals surface area (Å²) in [5.41, 5.74) is 4.53. The van der Waals surface area contributed by atoms with Crippen LogP contribution in [0.5, 0.6) is 5.75 Å². The minimum atomic E-state index is 0.0736. The number of anilines is 1. The number of nitrogens with zero attached hydrogens (tertiary/aromatic N) is 1. The van der Waals surface area contributed by atoms with Gasteiger partial charge in [-0.15, -0.1) is 11.8 Å². The summed E-state index contributed by atoms with van der Waals surface area (Å²) in [7, 11) is 1.76. The molecule has 1 heterocycles. The van der Waals surface area contributed by atoms with Crippen LogP contribution >= 0.6 is 11.8 Å². The molecule has 3 rings (SSSR count). The Labute approximate surface area is 176 Å². The van der Waals surface area contributed by atoms with Crippen LogP contribution in [0.2, 0.25) is 0 Å². The van der Waals surface area contributed by atoms with Gasteiger partial charge in [0, 0.05) is 30.6 Å². The van der Waals surface area contributed by atoms with Gasteiger partial charge in [-0.05, 0) is 60.6 Å². The van der Waals surface area contributed by atoms with E-state index >= 15 is 0 Å². The number of aliphatic imine (C=N–C) groups is 1. The van der Waals surface area contributed by atoms with Crippen molar-refractivity contribution in [2.45, 2.75) is 31.2 Å². The molecule has 7 heteroatoms. The van der Waals surface area contributed by atoms with Gasteiger partial charge in [-0.3, -0.25) is 9.79 Å². The molecule has 6 nitrogen and oxygen atoms in total. The number of hydrogen-bond donors (Lipinski definition) is 3. The molecule has 0 saturated carbocycles. The summed E-state index contributed by atoms with van der Waals surface area (Å²) in [6, 6.07) is 12.3. The Balaban J connectivity index is 1.44. The molecule has 1 aliphatic heterocycles. The second-order valence-electron chi connectivity index (χ2n) is 6.88. The van der Waals surface area contributed by atoms with Crippen LogP contribution in [0.15, 0.2) is 46.3 Å². The van der Waals surface area contributed by atoms with E-state index < -0.39 is 0 Å². The van der Waals surface area contributed by atoms with Gasteiger partial charge in [-0.1, -0.05) is 12.1 Å². The van der Waals surface area contributed by atoms with E-state index in [9.17, 15) is 4.79 Å². The number of aryl methyl sites for hydroxylation is 2. The van der Waals surface area contributed by atoms with Crippen molar-refractivity contribution in [1.82, 2.24) is 10.6 Å². The Kier molecular flexibility index (Phi) is 7.41. The number of ether oxygens (including phenoxy) is 1. The lowest BCUT2D eigenvalue weighted by molar-refractivity contribution is -0.116. The van der Waals surface area contributed by atoms with Crippen LogP contribution in [0.25, 0.3) is 0 Å². The highest BCUT2D eigenvalue weighted by Crippen LogP contribution is 2.26. The molecule has 2 aromatic carbocycles. The zero-order valence-electron chi connectivity index (χ0n) is 17.2.